The number of ether oxygens (including phenoxy) is 1. The number of halogens is 4. The Bertz CT molecular complexity index is 1710. The first-order valence-corrected chi connectivity index (χ1v) is 19.2. The number of nitrogens with one attached hydrogen (secondary N) is 1. The molecule has 1 spiro atoms. The number of anilines is 2. The molecule has 2 aliphatic heterocycles. The van der Waals surface area contributed by atoms with Gasteiger partial charge in [-0.25, -0.2) is 23.5 Å². The number of hydrogen-bond acceptors (Lipinski definition) is 7. The molecule has 2 bridgehead atoms. The Labute approximate surface area is 301 Å². The number of aliphatic carboxylic acids is 1. The van der Waals surface area contributed by atoms with Gasteiger partial charge in [0.25, 0.3) is 17.8 Å². The summed E-state index contributed by atoms with van der Waals surface area (Å²) in [5.41, 5.74) is -1.02. The van der Waals surface area contributed by atoms with Crippen LogP contribution < -0.4 is 15.0 Å². The predicted molar refractivity (Wildman–Crippen MR) is 185 cm³/mol. The molecule has 4 saturated carbocycles. The van der Waals surface area contributed by atoms with E-state index in [9.17, 15) is 23.5 Å². The van der Waals surface area contributed by atoms with Crippen molar-refractivity contribution in [3.05, 3.63) is 41.2 Å². The number of aromatic nitrogens is 2. The third-order valence-electron chi connectivity index (χ3n) is 13.2. The summed E-state index contributed by atoms with van der Waals surface area (Å²) in [5.74, 6) is -7.06. The molecule has 6 aliphatic rings. The molecule has 3 heterocycles. The molecule has 2 aromatic rings. The van der Waals surface area contributed by atoms with Gasteiger partial charge in [-0.2, -0.15) is 8.78 Å². The fourth-order valence-corrected chi connectivity index (χ4v) is 10.7. The first-order chi connectivity index (χ1) is 24.6. The van der Waals surface area contributed by atoms with E-state index >= 15 is 8.78 Å². The normalized spacial score (nSPS) is 30.2. The molecule has 8 rings (SSSR count). The summed E-state index contributed by atoms with van der Waals surface area (Å²) in [7, 11) is 0. The van der Waals surface area contributed by atoms with Gasteiger partial charge >= 0.3 is 5.97 Å². The Morgan fingerprint density at radius 2 is 1.77 bits per heavy atom. The zero-order chi connectivity index (χ0) is 36.6. The van der Waals surface area contributed by atoms with Crippen molar-refractivity contribution < 1.29 is 37.0 Å². The van der Waals surface area contributed by atoms with E-state index in [0.717, 1.165) is 87.7 Å². The van der Waals surface area contributed by atoms with Gasteiger partial charge in [0.05, 0.1) is 5.56 Å². The molecule has 1 aromatic carbocycles. The molecule has 4 atom stereocenters. The predicted octanol–water partition coefficient (Wildman–Crippen LogP) is 7.59. The summed E-state index contributed by atoms with van der Waals surface area (Å²) in [6, 6.07) is 5.83. The topological polar surface area (TPSA) is 108 Å². The largest absolute Gasteiger partial charge is 0.490 e. The van der Waals surface area contributed by atoms with Crippen molar-refractivity contribution in [1.82, 2.24) is 20.2 Å². The third-order valence-corrected chi connectivity index (χ3v) is 13.2. The number of carboxylic acid groups (broad SMARTS) is 1. The number of carbonyl (C=O) groups excluding carboxylic acids is 1. The molecule has 4 aliphatic carbocycles. The number of amides is 1. The van der Waals surface area contributed by atoms with Crippen LogP contribution in [0.25, 0.3) is 0 Å². The van der Waals surface area contributed by atoms with Gasteiger partial charge in [0.15, 0.2) is 0 Å². The van der Waals surface area contributed by atoms with Crippen LogP contribution in [0, 0.1) is 17.8 Å². The summed E-state index contributed by atoms with van der Waals surface area (Å²) in [6.45, 7) is 4.73. The van der Waals surface area contributed by atoms with Crippen LogP contribution >= 0.6 is 0 Å². The van der Waals surface area contributed by atoms with Crippen LogP contribution in [0.15, 0.2) is 24.4 Å². The molecule has 2 N–H and O–H groups in total. The van der Waals surface area contributed by atoms with Gasteiger partial charge in [-0.05, 0) is 92.9 Å². The highest BCUT2D eigenvalue weighted by Crippen LogP contribution is 2.53. The van der Waals surface area contributed by atoms with Gasteiger partial charge in [0, 0.05) is 62.7 Å². The fraction of sp³-hybridized carbons (Fsp3) is 0.692. The average Bonchev–Trinajstić information content (AvgIpc) is 3.53. The third kappa shape index (κ3) is 6.32. The zero-order valence-electron chi connectivity index (χ0n) is 30.0. The van der Waals surface area contributed by atoms with Crippen LogP contribution in [0.2, 0.25) is 0 Å². The average molecular weight is 728 g/mol. The Morgan fingerprint density at radius 1 is 1.04 bits per heavy atom. The van der Waals surface area contributed by atoms with Gasteiger partial charge in [-0.3, -0.25) is 9.69 Å². The van der Waals surface area contributed by atoms with Crippen molar-refractivity contribution in [2.45, 2.75) is 132 Å². The Morgan fingerprint density at radius 3 is 2.44 bits per heavy atom. The highest BCUT2D eigenvalue weighted by molar-refractivity contribution is 5.99. The van der Waals surface area contributed by atoms with Gasteiger partial charge in [0.2, 0.25) is 5.95 Å². The van der Waals surface area contributed by atoms with Crippen molar-refractivity contribution >= 4 is 23.5 Å². The van der Waals surface area contributed by atoms with Crippen LogP contribution in [-0.4, -0.2) is 75.1 Å². The minimum atomic E-state index is -3.50. The molecule has 1 saturated heterocycles. The van der Waals surface area contributed by atoms with E-state index in [4.69, 9.17) is 4.74 Å². The molecule has 4 unspecified atom stereocenters. The molecular formula is C39H49F4N5O4. The lowest BCUT2D eigenvalue weighted by Gasteiger charge is -2.45. The van der Waals surface area contributed by atoms with Crippen LogP contribution in [0.3, 0.4) is 0 Å². The second-order valence-corrected chi connectivity index (χ2v) is 17.0. The quantitative estimate of drug-likeness (QED) is 0.268. The first-order valence-electron chi connectivity index (χ1n) is 19.2. The molecule has 13 heteroatoms. The molecule has 5 fully saturated rings. The number of carboxylic acids is 1. The van der Waals surface area contributed by atoms with E-state index in [1.165, 1.54) is 0 Å². The van der Waals surface area contributed by atoms with Crippen molar-refractivity contribution in [2.75, 3.05) is 24.5 Å². The Hall–Kier alpha value is -3.48. The van der Waals surface area contributed by atoms with Gasteiger partial charge in [-0.1, -0.05) is 26.2 Å². The monoisotopic (exact) mass is 727 g/mol. The summed E-state index contributed by atoms with van der Waals surface area (Å²) in [4.78, 5) is 39.4. The van der Waals surface area contributed by atoms with Crippen molar-refractivity contribution in [2.24, 2.45) is 17.8 Å². The molecule has 1 aromatic heterocycles. The van der Waals surface area contributed by atoms with Crippen molar-refractivity contribution in [3.63, 3.8) is 0 Å². The number of fused-ring (bicyclic) bond motifs is 4. The highest BCUT2D eigenvalue weighted by atomic mass is 19.3. The van der Waals surface area contributed by atoms with Crippen LogP contribution in [0.1, 0.15) is 119 Å². The SMILES string of the molecule is CC1CC2CC(C1)C(NC(=O)c1cnc(N3CC4(CCCCC4)c4cc(OC5CCN(C6CC(F)(F)C6)CC5)ccc43)nc1C(C)(F)F)(C(=O)O)C2. The highest BCUT2D eigenvalue weighted by Gasteiger charge is 2.57. The van der Waals surface area contributed by atoms with Crippen molar-refractivity contribution in [1.29, 1.82) is 0 Å². The number of likely N-dealkylation sites (tertiary alicyclic amines) is 1. The van der Waals surface area contributed by atoms with E-state index in [-0.39, 0.29) is 54.6 Å². The molecular weight excluding hydrogens is 678 g/mol. The maximum atomic E-state index is 15.4. The smallest absolute Gasteiger partial charge is 0.329 e. The van der Waals surface area contributed by atoms with E-state index in [1.807, 2.05) is 17.0 Å². The Balaban J connectivity index is 1.05. The minimum Gasteiger partial charge on any atom is -0.490 e. The lowest BCUT2D eigenvalue weighted by atomic mass is 9.71. The van der Waals surface area contributed by atoms with Crippen LogP contribution in [-0.2, 0) is 16.1 Å². The van der Waals surface area contributed by atoms with E-state index in [0.29, 0.717) is 32.2 Å². The molecule has 52 heavy (non-hydrogen) atoms. The molecule has 0 radical (unpaired) electrons. The minimum absolute atomic E-state index is 0.0291. The number of benzene rings is 1. The molecule has 9 nitrogen and oxygen atoms in total. The summed E-state index contributed by atoms with van der Waals surface area (Å²) in [6.07, 6.45) is 9.99. The summed E-state index contributed by atoms with van der Waals surface area (Å²) >= 11 is 0. The molecule has 282 valence electrons. The second kappa shape index (κ2) is 12.8. The van der Waals surface area contributed by atoms with E-state index < -0.39 is 40.5 Å². The maximum Gasteiger partial charge on any atom is 0.329 e. The number of alkyl halides is 4. The van der Waals surface area contributed by atoms with Crippen LogP contribution in [0.4, 0.5) is 29.2 Å². The number of piperidine rings is 1. The number of nitrogens with zero attached hydrogens (tertiary/aromatic N) is 4. The zero-order valence-corrected chi connectivity index (χ0v) is 30.0. The van der Waals surface area contributed by atoms with E-state index in [2.05, 4.69) is 33.2 Å². The lowest BCUT2D eigenvalue weighted by molar-refractivity contribution is -0.146. The molecule has 1 amide bonds. The van der Waals surface area contributed by atoms with Crippen molar-refractivity contribution in [3.8, 4) is 5.75 Å². The van der Waals surface area contributed by atoms with Gasteiger partial charge in [-0.15, -0.1) is 0 Å². The number of hydrogen-bond donors (Lipinski definition) is 2. The summed E-state index contributed by atoms with van der Waals surface area (Å²) in [5, 5.41) is 13.1. The first kappa shape index (κ1) is 35.5. The maximum absolute atomic E-state index is 15.4. The second-order valence-electron chi connectivity index (χ2n) is 17.0. The van der Waals surface area contributed by atoms with Gasteiger partial charge in [0.1, 0.15) is 23.1 Å². The standard InChI is InChI=1S/C39H49F4N5O4/c1-23-14-24-16-25(15-23)39(18-24,34(50)51)46-33(49)29-21-44-35(45-32(29)36(2,40)41)48-22-37(10-4-3-5-11-37)30-17-28(6-7-31(30)48)52-27-8-12-47(13-9-27)26-19-38(42,43)20-26/h6-7,17,21,23-27H,3-5,8-16,18-20,22H2,1-2H3,(H,46,49)(H,50,51). The van der Waals surface area contributed by atoms with Crippen LogP contribution in [0.5, 0.6) is 5.75 Å². The number of carbonyl (C=O) groups is 2. The van der Waals surface area contributed by atoms with E-state index in [1.54, 1.807) is 0 Å². The number of rotatable bonds is 8. The summed E-state index contributed by atoms with van der Waals surface area (Å²) < 4.78 is 64.1. The lowest BCUT2D eigenvalue weighted by Crippen LogP contribution is -2.57. The Kier molecular flexibility index (Phi) is 8.77. The van der Waals surface area contributed by atoms with Gasteiger partial charge < -0.3 is 20.1 Å². The fourth-order valence-electron chi connectivity index (χ4n) is 10.7.